The smallest absolute Gasteiger partial charge is 0.305 e. The van der Waals surface area contributed by atoms with Crippen LogP contribution >= 0.6 is 22.7 Å². The number of H-pyrrole nitrogens is 1. The van der Waals surface area contributed by atoms with Crippen molar-refractivity contribution < 1.29 is 24.2 Å². The van der Waals surface area contributed by atoms with Crippen molar-refractivity contribution in [3.8, 4) is 16.3 Å². The van der Waals surface area contributed by atoms with Crippen LogP contribution in [0.25, 0.3) is 20.8 Å². The average molecular weight is 722 g/mol. The lowest BCUT2D eigenvalue weighted by molar-refractivity contribution is -0.133. The number of aromatic amines is 1. The molecule has 3 N–H and O–H groups in total. The minimum atomic E-state index is -0.537. The van der Waals surface area contributed by atoms with Gasteiger partial charge in [-0.2, -0.15) is 0 Å². The van der Waals surface area contributed by atoms with E-state index in [1.165, 1.54) is 49.5 Å². The van der Waals surface area contributed by atoms with Gasteiger partial charge in [0.2, 0.25) is 0 Å². The van der Waals surface area contributed by atoms with E-state index in [1.54, 1.807) is 6.07 Å². The SMILES string of the molecule is O=CO[C@@H](CNCCCCCCCCCN1CCC2(CC1)CN(C(=O)c1csc(-c3ccccc3)n1)CCO2)c1ccc(O)c2[nH]c(=O)sc12. The zero-order valence-electron chi connectivity index (χ0n) is 28.4. The summed E-state index contributed by atoms with van der Waals surface area (Å²) in [5.74, 6) is 0.00961. The van der Waals surface area contributed by atoms with Gasteiger partial charge in [-0.1, -0.05) is 79.8 Å². The number of phenols is 1. The summed E-state index contributed by atoms with van der Waals surface area (Å²) >= 11 is 2.52. The molecule has 6 rings (SSSR count). The number of rotatable bonds is 17. The van der Waals surface area contributed by atoms with Crippen LogP contribution in [-0.2, 0) is 14.3 Å². The number of nitrogens with one attached hydrogen (secondary N) is 2. The van der Waals surface area contributed by atoms with E-state index in [9.17, 15) is 19.5 Å². The maximum Gasteiger partial charge on any atom is 0.305 e. The van der Waals surface area contributed by atoms with Crippen LogP contribution in [0.4, 0.5) is 0 Å². The number of aromatic nitrogens is 2. The van der Waals surface area contributed by atoms with E-state index in [2.05, 4.69) is 20.2 Å². The van der Waals surface area contributed by atoms with Crippen LogP contribution < -0.4 is 10.2 Å². The zero-order valence-corrected chi connectivity index (χ0v) is 30.1. The molecular weight excluding hydrogens is 675 g/mol. The van der Waals surface area contributed by atoms with Crippen LogP contribution in [0.1, 0.15) is 79.9 Å². The highest BCUT2D eigenvalue weighted by Gasteiger charge is 2.41. The molecule has 1 atom stereocenters. The van der Waals surface area contributed by atoms with Gasteiger partial charge in [0.15, 0.2) is 0 Å². The second kappa shape index (κ2) is 17.5. The second-order valence-electron chi connectivity index (χ2n) is 13.3. The Bertz CT molecular complexity index is 1750. The lowest BCUT2D eigenvalue weighted by Gasteiger charge is -2.47. The molecule has 0 unspecified atom stereocenters. The van der Waals surface area contributed by atoms with Crippen molar-refractivity contribution in [2.45, 2.75) is 69.5 Å². The van der Waals surface area contributed by atoms with Crippen LogP contribution in [0, 0.1) is 0 Å². The Balaban J connectivity index is 0.819. The third-order valence-corrected chi connectivity index (χ3v) is 11.7. The van der Waals surface area contributed by atoms with E-state index in [1.807, 2.05) is 40.6 Å². The number of thiazole rings is 2. The number of fused-ring (bicyclic) bond motifs is 1. The number of aromatic hydroxyl groups is 1. The molecule has 50 heavy (non-hydrogen) atoms. The maximum atomic E-state index is 13.4. The molecule has 2 aromatic heterocycles. The number of carbonyl (C=O) groups excluding carboxylic acids is 2. The fourth-order valence-corrected chi connectivity index (χ4v) is 8.76. The Morgan fingerprint density at radius 2 is 1.82 bits per heavy atom. The molecule has 2 aromatic carbocycles. The van der Waals surface area contributed by atoms with E-state index in [0.717, 1.165) is 73.8 Å². The lowest BCUT2D eigenvalue weighted by Crippen LogP contribution is -2.58. The Hall–Kier alpha value is -3.62. The third kappa shape index (κ3) is 9.18. The summed E-state index contributed by atoms with van der Waals surface area (Å²) in [5, 5.41) is 16.2. The first-order chi connectivity index (χ1) is 24.4. The van der Waals surface area contributed by atoms with Crippen molar-refractivity contribution >= 4 is 45.3 Å². The first-order valence-corrected chi connectivity index (χ1v) is 19.5. The molecule has 268 valence electrons. The number of ether oxygens (including phenoxy) is 2. The van der Waals surface area contributed by atoms with Crippen LogP contribution in [0.2, 0.25) is 0 Å². The number of nitrogens with zero attached hydrogens (tertiary/aromatic N) is 3. The predicted octanol–water partition coefficient (Wildman–Crippen LogP) is 5.96. The Morgan fingerprint density at radius 1 is 1.06 bits per heavy atom. The van der Waals surface area contributed by atoms with Crippen molar-refractivity contribution in [1.82, 2.24) is 25.1 Å². The average Bonchev–Trinajstić information content (AvgIpc) is 3.79. The number of likely N-dealkylation sites (tertiary alicyclic amines) is 1. The van der Waals surface area contributed by atoms with Gasteiger partial charge in [0.05, 0.1) is 23.5 Å². The molecule has 2 aliphatic rings. The van der Waals surface area contributed by atoms with Gasteiger partial charge in [-0.05, 0) is 44.8 Å². The standard InChI is InChI=1S/C37H47N5O6S2/c43-26-47-31(28-13-14-30(44)32-33(28)50-36(46)40-32)23-38-17-9-4-2-1-3-5-10-18-41-19-15-37(16-20-41)25-42(21-22-48-37)35(45)29-24-49-34(39-29)27-11-7-6-8-12-27/h6-8,11-14,24,26,31,38,44H,1-5,9-10,15-23,25H2,(H,40,46)/t31-/m0/s1. The number of hydrogen-bond donors (Lipinski definition) is 3. The fraction of sp³-hybridized carbons (Fsp3) is 0.514. The lowest BCUT2D eigenvalue weighted by atomic mass is 9.89. The fourth-order valence-electron chi connectivity index (χ4n) is 7.05. The third-order valence-electron chi connectivity index (χ3n) is 9.86. The highest BCUT2D eigenvalue weighted by Crippen LogP contribution is 2.33. The number of benzene rings is 2. The van der Waals surface area contributed by atoms with Crippen LogP contribution in [-0.4, -0.2) is 95.3 Å². The summed E-state index contributed by atoms with van der Waals surface area (Å²) in [4.78, 5) is 47.9. The first kappa shape index (κ1) is 36.2. The molecule has 4 heterocycles. The zero-order chi connectivity index (χ0) is 34.8. The van der Waals surface area contributed by atoms with E-state index < -0.39 is 6.10 Å². The number of unbranched alkanes of at least 4 members (excludes halogenated alkanes) is 6. The Labute approximate surface area is 300 Å². The normalized spacial score (nSPS) is 16.9. The van der Waals surface area contributed by atoms with Gasteiger partial charge in [0, 0.05) is 42.7 Å². The van der Waals surface area contributed by atoms with Crippen molar-refractivity contribution in [2.75, 3.05) is 52.4 Å². The summed E-state index contributed by atoms with van der Waals surface area (Å²) in [5.41, 5.74) is 2.40. The number of carbonyl (C=O) groups is 2. The van der Waals surface area contributed by atoms with Crippen molar-refractivity contribution in [1.29, 1.82) is 0 Å². The molecule has 2 fully saturated rings. The molecule has 0 saturated carbocycles. The molecule has 0 aliphatic carbocycles. The Morgan fingerprint density at radius 3 is 2.60 bits per heavy atom. The van der Waals surface area contributed by atoms with Crippen molar-refractivity contribution in [3.63, 3.8) is 0 Å². The molecule has 2 aliphatic heterocycles. The molecule has 0 radical (unpaired) electrons. The van der Waals surface area contributed by atoms with Gasteiger partial charge < -0.3 is 34.7 Å². The largest absolute Gasteiger partial charge is 0.506 e. The molecule has 11 nitrogen and oxygen atoms in total. The number of piperidine rings is 1. The summed E-state index contributed by atoms with van der Waals surface area (Å²) in [6, 6.07) is 13.2. The van der Waals surface area contributed by atoms with Gasteiger partial charge >= 0.3 is 4.87 Å². The van der Waals surface area contributed by atoms with Gasteiger partial charge in [0.25, 0.3) is 12.4 Å². The van der Waals surface area contributed by atoms with E-state index in [-0.39, 0.29) is 22.1 Å². The summed E-state index contributed by atoms with van der Waals surface area (Å²) < 4.78 is 12.3. The molecule has 2 saturated heterocycles. The molecular formula is C37H47N5O6S2. The summed E-state index contributed by atoms with van der Waals surface area (Å²) in [6.45, 7) is 6.63. The van der Waals surface area contributed by atoms with Gasteiger partial charge in [-0.25, -0.2) is 4.98 Å². The first-order valence-electron chi connectivity index (χ1n) is 17.8. The molecule has 1 spiro atoms. The summed E-state index contributed by atoms with van der Waals surface area (Å²) in [7, 11) is 0. The van der Waals surface area contributed by atoms with E-state index >= 15 is 0 Å². The second-order valence-corrected chi connectivity index (χ2v) is 15.1. The molecule has 4 aromatic rings. The molecule has 13 heteroatoms. The topological polar surface area (TPSA) is 137 Å². The Kier molecular flexibility index (Phi) is 12.7. The van der Waals surface area contributed by atoms with E-state index in [4.69, 9.17) is 9.47 Å². The van der Waals surface area contributed by atoms with Crippen LogP contribution in [0.15, 0.2) is 52.6 Å². The monoisotopic (exact) mass is 721 g/mol. The number of phenolic OH excluding ortho intramolecular Hbond substituents is 1. The van der Waals surface area contributed by atoms with Crippen LogP contribution in [0.3, 0.4) is 0 Å². The molecule has 0 bridgehead atoms. The number of hydrogen-bond acceptors (Lipinski definition) is 11. The predicted molar refractivity (Wildman–Crippen MR) is 197 cm³/mol. The highest BCUT2D eigenvalue weighted by molar-refractivity contribution is 7.16. The van der Waals surface area contributed by atoms with Crippen molar-refractivity contribution in [2.24, 2.45) is 0 Å². The van der Waals surface area contributed by atoms with Gasteiger partial charge in [-0.15, -0.1) is 11.3 Å². The number of morpholine rings is 1. The van der Waals surface area contributed by atoms with Crippen LogP contribution in [0.5, 0.6) is 5.75 Å². The number of amides is 1. The highest BCUT2D eigenvalue weighted by atomic mass is 32.1. The van der Waals surface area contributed by atoms with Crippen molar-refractivity contribution in [3.05, 3.63) is 68.8 Å². The quantitative estimate of drug-likeness (QED) is 0.0891. The van der Waals surface area contributed by atoms with Gasteiger partial charge in [0.1, 0.15) is 28.1 Å². The summed E-state index contributed by atoms with van der Waals surface area (Å²) in [6.07, 6.45) is 9.62. The van der Waals surface area contributed by atoms with Gasteiger partial charge in [-0.3, -0.25) is 14.4 Å². The van der Waals surface area contributed by atoms with E-state index in [0.29, 0.717) is 54.2 Å². The maximum absolute atomic E-state index is 13.4. The minimum Gasteiger partial charge on any atom is -0.506 e. The minimum absolute atomic E-state index is 0.00245. The molecule has 1 amide bonds.